The fraction of sp³-hybridized carbons (Fsp3) is 0.0526. The average Bonchev–Trinajstić information content (AvgIpc) is 1.55. The maximum atomic E-state index is 5.46. The molecule has 4 aromatic heterocycles. The van der Waals surface area contributed by atoms with Crippen LogP contribution in [0.15, 0.2) is 400 Å². The van der Waals surface area contributed by atoms with E-state index in [0.717, 1.165) is 128 Å². The Balaban J connectivity index is 0.615. The Kier molecular flexibility index (Phi) is 16.8. The summed E-state index contributed by atoms with van der Waals surface area (Å²) in [7, 11) is 0. The first-order valence-electron chi connectivity index (χ1n) is 41.9. The van der Waals surface area contributed by atoms with Crippen molar-refractivity contribution in [3.05, 3.63) is 423 Å². The van der Waals surface area contributed by atoms with Crippen LogP contribution in [0, 0.1) is 0 Å². The smallest absolute Gasteiger partial charge is 0.164 e. The average molecular weight is 1560 g/mol. The predicted octanol–water partition coefficient (Wildman–Crippen LogP) is 28.9. The quantitative estimate of drug-likeness (QED) is 0.108. The summed E-state index contributed by atoms with van der Waals surface area (Å²) < 4.78 is 4.94. The van der Waals surface area contributed by atoms with E-state index < -0.39 is 0 Å². The van der Waals surface area contributed by atoms with Crippen molar-refractivity contribution < 1.29 is 0 Å². The van der Waals surface area contributed by atoms with Gasteiger partial charge in [-0.05, 0) is 197 Å². The minimum atomic E-state index is -0.349. The highest BCUT2D eigenvalue weighted by Crippen LogP contribution is 2.55. The summed E-state index contributed by atoms with van der Waals surface area (Å²) >= 11 is 0. The van der Waals surface area contributed by atoms with E-state index in [-0.39, 0.29) is 10.8 Å². The van der Waals surface area contributed by atoms with Crippen molar-refractivity contribution in [1.29, 1.82) is 0 Å². The molecule has 17 aromatic carbocycles. The molecule has 0 unspecified atom stereocenters. The standard InChI is InChI=1S/C114H78N8/c1-113(2)98-48-23-20-45-90(98)94-67-96-91-46-21-24-49-102(91)121(105(96)69-100(94)113)88-44-28-41-80(64-88)86-61-85(73-33-14-7-15-34-73)62-87(63-86)112-116-107(76-37-18-9-19-38-76)115-108(117-112)77-53-51-74(52-54-77)81-56-58-99-93(65-81)95-68-97-92-47-22-25-50-103(92)122(106(97)70-101(95)114(99,3)4)104-66-84(55-57-89(104)75-35-16-8-17-36-75)111-119-109(82-42-26-39-78(59-82)71-29-10-5-11-30-71)118-110(120-111)83-43-27-40-79(60-83)72-31-12-6-13-32-72/h5-70H,1-4H3. The molecule has 8 heteroatoms. The van der Waals surface area contributed by atoms with Crippen LogP contribution >= 0.6 is 0 Å². The van der Waals surface area contributed by atoms with Crippen LogP contribution in [-0.4, -0.2) is 39.0 Å². The zero-order chi connectivity index (χ0) is 81.3. The van der Waals surface area contributed by atoms with Gasteiger partial charge in [0, 0.05) is 77.0 Å². The minimum Gasteiger partial charge on any atom is -0.309 e. The normalized spacial score (nSPS) is 12.9. The predicted molar refractivity (Wildman–Crippen MR) is 502 cm³/mol. The first-order valence-corrected chi connectivity index (χ1v) is 41.9. The Morgan fingerprint density at radius 2 is 0.508 bits per heavy atom. The van der Waals surface area contributed by atoms with Gasteiger partial charge in [0.15, 0.2) is 34.9 Å². The number of hydrogen-bond donors (Lipinski definition) is 0. The molecule has 0 atom stereocenters. The Morgan fingerprint density at radius 1 is 0.172 bits per heavy atom. The van der Waals surface area contributed by atoms with E-state index in [1.54, 1.807) is 0 Å². The van der Waals surface area contributed by atoms with Crippen LogP contribution in [-0.2, 0) is 10.8 Å². The van der Waals surface area contributed by atoms with Gasteiger partial charge in [0.2, 0.25) is 0 Å². The first-order chi connectivity index (χ1) is 59.9. The van der Waals surface area contributed by atoms with Crippen molar-refractivity contribution in [2.75, 3.05) is 0 Å². The molecule has 0 radical (unpaired) electrons. The van der Waals surface area contributed by atoms with Gasteiger partial charge in [-0.2, -0.15) is 0 Å². The maximum Gasteiger partial charge on any atom is 0.164 e. The molecule has 0 amide bonds. The van der Waals surface area contributed by atoms with Crippen LogP contribution in [0.5, 0.6) is 0 Å². The van der Waals surface area contributed by atoms with E-state index in [0.29, 0.717) is 34.9 Å². The van der Waals surface area contributed by atoms with E-state index >= 15 is 0 Å². The van der Waals surface area contributed by atoms with Crippen LogP contribution in [0.25, 0.3) is 212 Å². The summed E-state index contributed by atoms with van der Waals surface area (Å²) in [5.41, 5.74) is 35.0. The third-order valence-corrected chi connectivity index (χ3v) is 25.4. The van der Waals surface area contributed by atoms with Gasteiger partial charge in [-0.3, -0.25) is 0 Å². The second kappa shape index (κ2) is 28.6. The summed E-state index contributed by atoms with van der Waals surface area (Å²) in [6.07, 6.45) is 0. The molecule has 0 saturated heterocycles. The summed E-state index contributed by atoms with van der Waals surface area (Å²) in [5.74, 6) is 3.53. The molecule has 23 rings (SSSR count). The molecule has 122 heavy (non-hydrogen) atoms. The Bertz CT molecular complexity index is 7680. The van der Waals surface area contributed by atoms with Gasteiger partial charge in [0.05, 0.1) is 27.8 Å². The van der Waals surface area contributed by atoms with Crippen LogP contribution in [0.2, 0.25) is 0 Å². The second-order valence-electron chi connectivity index (χ2n) is 33.4. The second-order valence-corrected chi connectivity index (χ2v) is 33.4. The number of aromatic nitrogens is 8. The highest BCUT2D eigenvalue weighted by atomic mass is 15.1. The SMILES string of the molecule is CC1(C)c2ccccc2-c2cc3c4ccccc4n(-c4cccc(-c5cc(-c6ccccc6)cc(-c6nc(-c7ccccc7)nc(-c7ccc(-c8ccc9c(c8)-c8cc%10c%11ccccc%11n(-c%11cc(-c%12nc(-c%13cccc(-c%14ccccc%14)c%13)nc(-c%13cccc(-c%14ccccc%14)c%13)n%12)ccc%11-c%11ccccc%11)c%10cc8C9(C)C)cc7)n6)c5)c4)c3cc21. The molecule has 0 spiro atoms. The first kappa shape index (κ1) is 71.7. The van der Waals surface area contributed by atoms with Gasteiger partial charge in [-0.25, -0.2) is 29.9 Å². The molecule has 0 saturated carbocycles. The molecule has 0 fully saturated rings. The summed E-state index contributed by atoms with van der Waals surface area (Å²) in [5, 5.41) is 4.80. The Morgan fingerprint density at radius 3 is 1.07 bits per heavy atom. The molecular formula is C114H78N8. The number of rotatable bonds is 14. The third-order valence-electron chi connectivity index (χ3n) is 25.4. The molecule has 0 bridgehead atoms. The summed E-state index contributed by atoms with van der Waals surface area (Å²) in [6.45, 7) is 9.48. The summed E-state index contributed by atoms with van der Waals surface area (Å²) in [4.78, 5) is 32.3. The minimum absolute atomic E-state index is 0.154. The van der Waals surface area contributed by atoms with E-state index in [2.05, 4.69) is 419 Å². The van der Waals surface area contributed by atoms with Gasteiger partial charge in [0.25, 0.3) is 0 Å². The molecule has 2 aliphatic rings. The largest absolute Gasteiger partial charge is 0.309 e. The van der Waals surface area contributed by atoms with Crippen molar-refractivity contribution in [1.82, 2.24) is 39.0 Å². The number of nitrogens with zero attached hydrogens (tertiary/aromatic N) is 8. The molecule has 0 N–H and O–H groups in total. The van der Waals surface area contributed by atoms with Crippen molar-refractivity contribution in [3.63, 3.8) is 0 Å². The lowest BCUT2D eigenvalue weighted by molar-refractivity contribution is 0.661. The lowest BCUT2D eigenvalue weighted by atomic mass is 9.82. The molecule has 4 heterocycles. The zero-order valence-electron chi connectivity index (χ0n) is 67.7. The van der Waals surface area contributed by atoms with Gasteiger partial charge >= 0.3 is 0 Å². The van der Waals surface area contributed by atoms with Crippen molar-refractivity contribution >= 4 is 43.6 Å². The molecular weight excluding hydrogens is 1480 g/mol. The van der Waals surface area contributed by atoms with Gasteiger partial charge in [-0.1, -0.05) is 337 Å². The van der Waals surface area contributed by atoms with Crippen LogP contribution in [0.4, 0.5) is 0 Å². The van der Waals surface area contributed by atoms with E-state index in [1.165, 1.54) is 71.7 Å². The highest BCUT2D eigenvalue weighted by Gasteiger charge is 2.39. The molecule has 0 aliphatic heterocycles. The molecule has 21 aromatic rings. The number of hydrogen-bond acceptors (Lipinski definition) is 6. The molecule has 8 nitrogen and oxygen atoms in total. The number of fused-ring (bicyclic) bond motifs is 12. The van der Waals surface area contributed by atoms with Gasteiger partial charge in [0.1, 0.15) is 0 Å². The fourth-order valence-corrected chi connectivity index (χ4v) is 19.2. The summed E-state index contributed by atoms with van der Waals surface area (Å²) in [6, 6.07) is 144. The van der Waals surface area contributed by atoms with Crippen LogP contribution in [0.1, 0.15) is 49.9 Å². The number of benzene rings is 17. The topological polar surface area (TPSA) is 87.2 Å². The zero-order valence-corrected chi connectivity index (χ0v) is 67.7. The van der Waals surface area contributed by atoms with E-state index in [9.17, 15) is 0 Å². The Labute approximate surface area is 707 Å². The number of para-hydroxylation sites is 2. The van der Waals surface area contributed by atoms with Crippen molar-refractivity contribution in [2.45, 2.75) is 38.5 Å². The van der Waals surface area contributed by atoms with Gasteiger partial charge in [-0.15, -0.1) is 0 Å². The lowest BCUT2D eigenvalue weighted by Crippen LogP contribution is -2.15. The Hall–Kier alpha value is -15.6. The monoisotopic (exact) mass is 1560 g/mol. The van der Waals surface area contributed by atoms with E-state index in [1.807, 2.05) is 18.2 Å². The van der Waals surface area contributed by atoms with Crippen molar-refractivity contribution in [2.24, 2.45) is 0 Å². The van der Waals surface area contributed by atoms with Crippen LogP contribution in [0.3, 0.4) is 0 Å². The van der Waals surface area contributed by atoms with E-state index in [4.69, 9.17) is 29.9 Å². The van der Waals surface area contributed by atoms with Crippen LogP contribution < -0.4 is 0 Å². The lowest BCUT2D eigenvalue weighted by Gasteiger charge is -2.22. The molecule has 574 valence electrons. The third kappa shape index (κ3) is 12.1. The fourth-order valence-electron chi connectivity index (χ4n) is 19.2. The van der Waals surface area contributed by atoms with Crippen molar-refractivity contribution in [3.8, 4) is 169 Å². The highest BCUT2D eigenvalue weighted by molar-refractivity contribution is 6.14. The molecule has 2 aliphatic carbocycles. The van der Waals surface area contributed by atoms with Gasteiger partial charge < -0.3 is 9.13 Å². The maximum absolute atomic E-state index is 5.46.